The topological polar surface area (TPSA) is 72.7 Å². The molecule has 0 aromatic carbocycles. The monoisotopic (exact) mass is 369 g/mol. The van der Waals surface area contributed by atoms with Gasteiger partial charge in [-0.25, -0.2) is 9.67 Å². The Morgan fingerprint density at radius 1 is 1.35 bits per heavy atom. The number of carbonyl (C=O) groups excluding carboxylic acids is 1. The van der Waals surface area contributed by atoms with E-state index in [1.165, 1.54) is 5.56 Å². The second kappa shape index (κ2) is 8.23. The van der Waals surface area contributed by atoms with E-state index in [0.717, 1.165) is 23.6 Å². The third kappa shape index (κ3) is 4.54. The van der Waals surface area contributed by atoms with Crippen molar-refractivity contribution in [3.05, 3.63) is 64.1 Å². The van der Waals surface area contributed by atoms with E-state index >= 15 is 0 Å². The number of aryl methyl sites for hydroxylation is 2. The van der Waals surface area contributed by atoms with Gasteiger partial charge in [0.2, 0.25) is 5.91 Å². The van der Waals surface area contributed by atoms with Crippen LogP contribution in [-0.4, -0.2) is 25.7 Å². The van der Waals surface area contributed by atoms with Crippen molar-refractivity contribution >= 4 is 17.2 Å². The molecule has 3 heterocycles. The number of rotatable bonds is 7. The normalized spacial score (nSPS) is 13.3. The van der Waals surface area contributed by atoms with E-state index < -0.39 is 0 Å². The highest BCUT2D eigenvalue weighted by Crippen LogP contribution is 2.20. The summed E-state index contributed by atoms with van der Waals surface area (Å²) in [5.74, 6) is 1.34. The molecule has 26 heavy (non-hydrogen) atoms. The van der Waals surface area contributed by atoms with Crippen LogP contribution in [0.2, 0.25) is 0 Å². The molecule has 2 atom stereocenters. The second-order valence-corrected chi connectivity index (χ2v) is 7.25. The molecule has 0 bridgehead atoms. The minimum Gasteiger partial charge on any atom is -0.349 e. The van der Waals surface area contributed by atoms with Crippen LogP contribution in [0, 0.1) is 19.8 Å². The van der Waals surface area contributed by atoms with Gasteiger partial charge >= 0.3 is 0 Å². The molecule has 0 unspecified atom stereocenters. The van der Waals surface area contributed by atoms with Crippen molar-refractivity contribution in [1.82, 2.24) is 25.1 Å². The zero-order valence-electron chi connectivity index (χ0n) is 15.2. The third-order valence-electron chi connectivity index (χ3n) is 4.28. The van der Waals surface area contributed by atoms with Crippen LogP contribution in [0.4, 0.5) is 0 Å². The van der Waals surface area contributed by atoms with Gasteiger partial charge in [-0.1, -0.05) is 13.0 Å². The Morgan fingerprint density at radius 2 is 2.19 bits per heavy atom. The molecule has 0 spiro atoms. The SMILES string of the molecule is Cc1nc(C)n(C[C@H](C)C(=O)N[C@@H](Cc2ccsc2)c2cccnc2)n1. The zero-order valence-corrected chi connectivity index (χ0v) is 16.0. The molecular weight excluding hydrogens is 346 g/mol. The first-order chi connectivity index (χ1) is 12.5. The first-order valence-electron chi connectivity index (χ1n) is 8.62. The summed E-state index contributed by atoms with van der Waals surface area (Å²) in [6.07, 6.45) is 4.30. The first kappa shape index (κ1) is 18.3. The number of aromatic nitrogens is 4. The number of amides is 1. The van der Waals surface area contributed by atoms with E-state index in [2.05, 4.69) is 37.2 Å². The van der Waals surface area contributed by atoms with Crippen molar-refractivity contribution in [1.29, 1.82) is 0 Å². The molecule has 136 valence electrons. The number of nitrogens with one attached hydrogen (secondary N) is 1. The van der Waals surface area contributed by atoms with Crippen LogP contribution in [0.5, 0.6) is 0 Å². The number of carbonyl (C=O) groups is 1. The van der Waals surface area contributed by atoms with Gasteiger partial charge in [-0.2, -0.15) is 16.4 Å². The van der Waals surface area contributed by atoms with Crippen molar-refractivity contribution in [2.75, 3.05) is 0 Å². The highest BCUT2D eigenvalue weighted by atomic mass is 32.1. The minimum absolute atomic E-state index is 0.00151. The highest BCUT2D eigenvalue weighted by Gasteiger charge is 2.21. The molecule has 0 aliphatic heterocycles. The van der Waals surface area contributed by atoms with Gasteiger partial charge in [0.05, 0.1) is 18.5 Å². The van der Waals surface area contributed by atoms with Gasteiger partial charge in [0.1, 0.15) is 11.6 Å². The average molecular weight is 369 g/mol. The fourth-order valence-corrected chi connectivity index (χ4v) is 3.55. The maximum atomic E-state index is 12.8. The molecule has 6 nitrogen and oxygen atoms in total. The molecule has 0 saturated carbocycles. The average Bonchev–Trinajstić information content (AvgIpc) is 3.24. The molecular formula is C19H23N5OS. The number of nitrogens with zero attached hydrogens (tertiary/aromatic N) is 4. The Labute approximate surface area is 157 Å². The molecule has 7 heteroatoms. The lowest BCUT2D eigenvalue weighted by Crippen LogP contribution is -2.36. The molecule has 0 saturated heterocycles. The Balaban J connectivity index is 1.71. The lowest BCUT2D eigenvalue weighted by molar-refractivity contribution is -0.125. The summed E-state index contributed by atoms with van der Waals surface area (Å²) < 4.78 is 1.79. The molecule has 0 fully saturated rings. The number of hydrogen-bond acceptors (Lipinski definition) is 5. The minimum atomic E-state index is -0.212. The van der Waals surface area contributed by atoms with Gasteiger partial charge in [0.25, 0.3) is 0 Å². The van der Waals surface area contributed by atoms with Gasteiger partial charge < -0.3 is 5.32 Å². The summed E-state index contributed by atoms with van der Waals surface area (Å²) in [7, 11) is 0. The maximum absolute atomic E-state index is 12.8. The molecule has 3 aromatic rings. The number of hydrogen-bond donors (Lipinski definition) is 1. The summed E-state index contributed by atoms with van der Waals surface area (Å²) in [5, 5.41) is 11.7. The Kier molecular flexibility index (Phi) is 5.78. The fraction of sp³-hybridized carbons (Fsp3) is 0.368. The van der Waals surface area contributed by atoms with Crippen LogP contribution >= 0.6 is 11.3 Å². The van der Waals surface area contributed by atoms with E-state index in [1.807, 2.05) is 39.1 Å². The van der Waals surface area contributed by atoms with E-state index in [0.29, 0.717) is 6.54 Å². The molecule has 0 aliphatic carbocycles. The predicted molar refractivity (Wildman–Crippen MR) is 102 cm³/mol. The van der Waals surface area contributed by atoms with E-state index in [1.54, 1.807) is 22.2 Å². The quantitative estimate of drug-likeness (QED) is 0.695. The summed E-state index contributed by atoms with van der Waals surface area (Å²) in [5.41, 5.74) is 2.21. The number of pyridine rings is 1. The Morgan fingerprint density at radius 3 is 2.81 bits per heavy atom. The molecule has 0 aliphatic rings. The van der Waals surface area contributed by atoms with Gasteiger partial charge in [-0.05, 0) is 54.3 Å². The number of thiophene rings is 1. The van der Waals surface area contributed by atoms with Crippen LogP contribution in [0.25, 0.3) is 0 Å². The van der Waals surface area contributed by atoms with Crippen molar-refractivity contribution in [2.24, 2.45) is 5.92 Å². The zero-order chi connectivity index (χ0) is 18.5. The Bertz CT molecular complexity index is 844. The largest absolute Gasteiger partial charge is 0.349 e. The standard InChI is InChI=1S/C19H23N5OS/c1-13(11-24-15(3)21-14(2)23-24)19(25)22-18(9-16-6-8-26-12-16)17-5-4-7-20-10-17/h4-8,10,12-13,18H,9,11H2,1-3H3,(H,22,25)/t13-,18-/m0/s1. The molecule has 0 radical (unpaired) electrons. The van der Waals surface area contributed by atoms with Crippen molar-refractivity contribution in [3.63, 3.8) is 0 Å². The van der Waals surface area contributed by atoms with Crippen LogP contribution < -0.4 is 5.32 Å². The smallest absolute Gasteiger partial charge is 0.225 e. The second-order valence-electron chi connectivity index (χ2n) is 6.47. The molecule has 3 rings (SSSR count). The summed E-state index contributed by atoms with van der Waals surface area (Å²) in [6.45, 7) is 6.18. The first-order valence-corrected chi connectivity index (χ1v) is 9.56. The van der Waals surface area contributed by atoms with E-state index in [-0.39, 0.29) is 17.9 Å². The van der Waals surface area contributed by atoms with Crippen LogP contribution in [0.1, 0.15) is 35.7 Å². The lowest BCUT2D eigenvalue weighted by atomic mass is 10.0. The van der Waals surface area contributed by atoms with Crippen molar-refractivity contribution < 1.29 is 4.79 Å². The molecule has 1 N–H and O–H groups in total. The predicted octanol–water partition coefficient (Wildman–Crippen LogP) is 3.09. The molecule has 3 aromatic heterocycles. The Hall–Kier alpha value is -2.54. The van der Waals surface area contributed by atoms with Gasteiger partial charge in [-0.3, -0.25) is 9.78 Å². The lowest BCUT2D eigenvalue weighted by Gasteiger charge is -2.21. The van der Waals surface area contributed by atoms with E-state index in [4.69, 9.17) is 0 Å². The fourth-order valence-electron chi connectivity index (χ4n) is 2.87. The summed E-state index contributed by atoms with van der Waals surface area (Å²) in [6, 6.07) is 5.88. The van der Waals surface area contributed by atoms with Gasteiger partial charge in [0.15, 0.2) is 0 Å². The summed E-state index contributed by atoms with van der Waals surface area (Å²) >= 11 is 1.66. The maximum Gasteiger partial charge on any atom is 0.225 e. The highest BCUT2D eigenvalue weighted by molar-refractivity contribution is 7.07. The van der Waals surface area contributed by atoms with Gasteiger partial charge in [-0.15, -0.1) is 0 Å². The van der Waals surface area contributed by atoms with Crippen LogP contribution in [-0.2, 0) is 17.8 Å². The van der Waals surface area contributed by atoms with E-state index in [9.17, 15) is 4.79 Å². The molecule has 1 amide bonds. The summed E-state index contributed by atoms with van der Waals surface area (Å²) in [4.78, 5) is 21.3. The van der Waals surface area contributed by atoms with Crippen LogP contribution in [0.15, 0.2) is 41.4 Å². The van der Waals surface area contributed by atoms with Crippen molar-refractivity contribution in [2.45, 2.75) is 39.8 Å². The third-order valence-corrected chi connectivity index (χ3v) is 5.01. The van der Waals surface area contributed by atoms with Gasteiger partial charge in [0, 0.05) is 12.4 Å². The van der Waals surface area contributed by atoms with Crippen molar-refractivity contribution in [3.8, 4) is 0 Å². The van der Waals surface area contributed by atoms with Crippen LogP contribution in [0.3, 0.4) is 0 Å².